The number of carbonyl (C=O) groups is 2. The summed E-state index contributed by atoms with van der Waals surface area (Å²) < 4.78 is 1.88. The number of hydrogen-bond acceptors (Lipinski definition) is 3. The molecular formula is C19H25N5O2. The normalized spacial score (nSPS) is 15.9. The molecule has 3 rings (SSSR count). The summed E-state index contributed by atoms with van der Waals surface area (Å²) in [5, 5.41) is 13.1. The van der Waals surface area contributed by atoms with Gasteiger partial charge in [0.1, 0.15) is 0 Å². The third kappa shape index (κ3) is 3.56. The number of carbonyl (C=O) groups excluding carboxylic acids is 2. The summed E-state index contributed by atoms with van der Waals surface area (Å²) in [5.41, 5.74) is 5.48. The van der Waals surface area contributed by atoms with Gasteiger partial charge in [0.2, 0.25) is 5.91 Å². The molecule has 26 heavy (non-hydrogen) atoms. The van der Waals surface area contributed by atoms with Gasteiger partial charge in [0.25, 0.3) is 0 Å². The molecule has 0 unspecified atom stereocenters. The van der Waals surface area contributed by atoms with Crippen LogP contribution in [0.2, 0.25) is 0 Å². The smallest absolute Gasteiger partial charge is 0.319 e. The highest BCUT2D eigenvalue weighted by atomic mass is 16.2. The van der Waals surface area contributed by atoms with Gasteiger partial charge in [-0.2, -0.15) is 5.10 Å². The van der Waals surface area contributed by atoms with E-state index in [4.69, 9.17) is 0 Å². The number of fused-ring (bicyclic) bond motifs is 1. The Morgan fingerprint density at radius 1 is 1.23 bits per heavy atom. The van der Waals surface area contributed by atoms with Gasteiger partial charge in [-0.05, 0) is 50.3 Å². The van der Waals surface area contributed by atoms with E-state index in [1.807, 2.05) is 43.9 Å². The second kappa shape index (κ2) is 7.19. The van der Waals surface area contributed by atoms with E-state index in [1.165, 1.54) is 12.6 Å². The van der Waals surface area contributed by atoms with Crippen molar-refractivity contribution in [2.45, 2.75) is 46.1 Å². The van der Waals surface area contributed by atoms with Crippen molar-refractivity contribution < 1.29 is 9.59 Å². The topological polar surface area (TPSA) is 88.1 Å². The Balaban J connectivity index is 1.74. The SMILES string of the molecule is CC(=O)Nc1c(C)ccc(NC(=O)N[C@H]2CCCc3c2cnn3C)c1C. The molecule has 1 aliphatic rings. The molecule has 1 aromatic carbocycles. The third-order valence-electron chi connectivity index (χ3n) is 4.90. The molecule has 0 radical (unpaired) electrons. The zero-order valence-electron chi connectivity index (χ0n) is 15.6. The third-order valence-corrected chi connectivity index (χ3v) is 4.90. The Morgan fingerprint density at radius 2 is 2.00 bits per heavy atom. The van der Waals surface area contributed by atoms with Crippen LogP contribution < -0.4 is 16.0 Å². The van der Waals surface area contributed by atoms with Gasteiger partial charge in [0.15, 0.2) is 0 Å². The summed E-state index contributed by atoms with van der Waals surface area (Å²) in [4.78, 5) is 23.9. The van der Waals surface area contributed by atoms with Crippen molar-refractivity contribution in [3.63, 3.8) is 0 Å². The van der Waals surface area contributed by atoms with Crippen LogP contribution in [0.15, 0.2) is 18.3 Å². The maximum Gasteiger partial charge on any atom is 0.319 e. The zero-order chi connectivity index (χ0) is 18.8. The zero-order valence-corrected chi connectivity index (χ0v) is 15.6. The van der Waals surface area contributed by atoms with E-state index in [-0.39, 0.29) is 18.0 Å². The first-order chi connectivity index (χ1) is 12.4. The minimum Gasteiger partial charge on any atom is -0.331 e. The van der Waals surface area contributed by atoms with Crippen LogP contribution in [-0.4, -0.2) is 21.7 Å². The van der Waals surface area contributed by atoms with Crippen LogP contribution in [0.3, 0.4) is 0 Å². The van der Waals surface area contributed by atoms with Crippen LogP contribution in [0.5, 0.6) is 0 Å². The van der Waals surface area contributed by atoms with Gasteiger partial charge in [-0.25, -0.2) is 4.79 Å². The van der Waals surface area contributed by atoms with Gasteiger partial charge in [-0.1, -0.05) is 6.07 Å². The fourth-order valence-electron chi connectivity index (χ4n) is 3.52. The molecule has 1 heterocycles. The van der Waals surface area contributed by atoms with Crippen molar-refractivity contribution in [3.8, 4) is 0 Å². The van der Waals surface area contributed by atoms with E-state index in [1.54, 1.807) is 0 Å². The average molecular weight is 355 g/mol. The molecule has 0 saturated carbocycles. The van der Waals surface area contributed by atoms with E-state index < -0.39 is 0 Å². The first-order valence-electron chi connectivity index (χ1n) is 8.83. The van der Waals surface area contributed by atoms with E-state index in [0.29, 0.717) is 5.69 Å². The molecule has 7 nitrogen and oxygen atoms in total. The fourth-order valence-corrected chi connectivity index (χ4v) is 3.52. The maximum absolute atomic E-state index is 12.5. The monoisotopic (exact) mass is 355 g/mol. The highest BCUT2D eigenvalue weighted by molar-refractivity contribution is 5.95. The Labute approximate surface area is 153 Å². The number of aryl methyl sites for hydroxylation is 2. The van der Waals surface area contributed by atoms with Crippen LogP contribution in [0.25, 0.3) is 0 Å². The Hall–Kier alpha value is -2.83. The Morgan fingerprint density at radius 3 is 2.73 bits per heavy atom. The van der Waals surface area contributed by atoms with Crippen LogP contribution in [0.4, 0.5) is 16.2 Å². The van der Waals surface area contributed by atoms with Gasteiger partial charge < -0.3 is 16.0 Å². The highest BCUT2D eigenvalue weighted by Crippen LogP contribution is 2.30. The first kappa shape index (κ1) is 18.0. The number of urea groups is 1. The number of hydrogen-bond donors (Lipinski definition) is 3. The molecule has 0 saturated heterocycles. The van der Waals surface area contributed by atoms with Gasteiger partial charge >= 0.3 is 6.03 Å². The van der Waals surface area contributed by atoms with Crippen LogP contribution >= 0.6 is 0 Å². The van der Waals surface area contributed by atoms with Crippen molar-refractivity contribution >= 4 is 23.3 Å². The molecule has 0 spiro atoms. The largest absolute Gasteiger partial charge is 0.331 e. The van der Waals surface area contributed by atoms with Crippen LogP contribution in [0, 0.1) is 13.8 Å². The quantitative estimate of drug-likeness (QED) is 0.790. The first-order valence-corrected chi connectivity index (χ1v) is 8.83. The maximum atomic E-state index is 12.5. The lowest BCUT2D eigenvalue weighted by Crippen LogP contribution is -2.34. The number of rotatable bonds is 3. The van der Waals surface area contributed by atoms with Gasteiger partial charge in [0.05, 0.1) is 12.2 Å². The van der Waals surface area contributed by atoms with Crippen LogP contribution in [0.1, 0.15) is 48.2 Å². The van der Waals surface area contributed by atoms with Crippen molar-refractivity contribution in [3.05, 3.63) is 40.7 Å². The molecule has 1 aliphatic carbocycles. The number of amides is 3. The molecule has 7 heteroatoms. The van der Waals surface area contributed by atoms with Gasteiger partial charge in [0, 0.05) is 36.6 Å². The lowest BCUT2D eigenvalue weighted by atomic mass is 9.93. The Bertz CT molecular complexity index is 856. The molecular weight excluding hydrogens is 330 g/mol. The number of aromatic nitrogens is 2. The summed E-state index contributed by atoms with van der Waals surface area (Å²) in [5.74, 6) is -0.135. The molecule has 1 atom stereocenters. The molecule has 3 amide bonds. The van der Waals surface area contributed by atoms with Gasteiger partial charge in [-0.3, -0.25) is 9.48 Å². The fraction of sp³-hybridized carbons (Fsp3) is 0.421. The summed E-state index contributed by atoms with van der Waals surface area (Å²) in [7, 11) is 1.93. The summed E-state index contributed by atoms with van der Waals surface area (Å²) >= 11 is 0. The molecule has 0 aliphatic heterocycles. The number of nitrogens with zero attached hydrogens (tertiary/aromatic N) is 2. The van der Waals surface area contributed by atoms with Crippen molar-refractivity contribution in [1.29, 1.82) is 0 Å². The predicted molar refractivity (Wildman–Crippen MR) is 101 cm³/mol. The van der Waals surface area contributed by atoms with E-state index in [9.17, 15) is 9.59 Å². The molecule has 2 aromatic rings. The van der Waals surface area contributed by atoms with E-state index >= 15 is 0 Å². The molecule has 138 valence electrons. The second-order valence-electron chi connectivity index (χ2n) is 6.82. The molecule has 0 bridgehead atoms. The predicted octanol–water partition coefficient (Wildman–Crippen LogP) is 3.19. The highest BCUT2D eigenvalue weighted by Gasteiger charge is 2.25. The second-order valence-corrected chi connectivity index (χ2v) is 6.82. The lowest BCUT2D eigenvalue weighted by molar-refractivity contribution is -0.114. The number of anilines is 2. The Kier molecular flexibility index (Phi) is 4.97. The molecule has 3 N–H and O–H groups in total. The summed E-state index contributed by atoms with van der Waals surface area (Å²) in [6, 6.07) is 3.44. The molecule has 1 aromatic heterocycles. The van der Waals surface area contributed by atoms with Crippen LogP contribution in [-0.2, 0) is 18.3 Å². The van der Waals surface area contributed by atoms with Crippen molar-refractivity contribution in [2.24, 2.45) is 7.05 Å². The van der Waals surface area contributed by atoms with E-state index in [2.05, 4.69) is 21.0 Å². The summed E-state index contributed by atoms with van der Waals surface area (Å²) in [6.45, 7) is 5.28. The number of benzene rings is 1. The number of nitrogens with one attached hydrogen (secondary N) is 3. The van der Waals surface area contributed by atoms with Crippen molar-refractivity contribution in [2.75, 3.05) is 10.6 Å². The van der Waals surface area contributed by atoms with Crippen molar-refractivity contribution in [1.82, 2.24) is 15.1 Å². The van der Waals surface area contributed by atoms with E-state index in [0.717, 1.165) is 41.6 Å². The molecule has 0 fully saturated rings. The minimum absolute atomic E-state index is 0.0342. The minimum atomic E-state index is -0.257. The average Bonchev–Trinajstić information content (AvgIpc) is 2.96. The standard InChI is InChI=1S/C19H25N5O2/c1-11-8-9-15(12(2)18(11)21-13(3)25)22-19(26)23-16-6-5-7-17-14(16)10-20-24(17)4/h8-10,16H,5-7H2,1-4H3,(H,21,25)(H2,22,23,26)/t16-/m0/s1. The lowest BCUT2D eigenvalue weighted by Gasteiger charge is -2.24. The van der Waals surface area contributed by atoms with Gasteiger partial charge in [-0.15, -0.1) is 0 Å². The summed E-state index contributed by atoms with van der Waals surface area (Å²) in [6.07, 6.45) is 4.75.